The number of benzene rings is 2. The minimum Gasteiger partial charge on any atom is -0.352 e. The third-order valence-electron chi connectivity index (χ3n) is 3.29. The van der Waals surface area contributed by atoms with Crippen LogP contribution < -0.4 is 10.7 Å². The Hall–Kier alpha value is -3.09. The molecule has 2 aromatic carbocycles. The highest BCUT2D eigenvalue weighted by molar-refractivity contribution is 6.01. The summed E-state index contributed by atoms with van der Waals surface area (Å²) in [4.78, 5) is 23.6. The van der Waals surface area contributed by atoms with Crippen LogP contribution in [0.5, 0.6) is 0 Å². The molecule has 0 aliphatic heterocycles. The number of rotatable bonds is 6. The fraction of sp³-hybridized carbons (Fsp3) is 0.167. The Bertz CT molecular complexity index is 789. The number of hydrogen-bond donors (Lipinski definition) is 2. The SMILES string of the molecule is C/C(CC(=O)NCc1ccc(F)cc1)=N\NC(=O)c1ccccc1F. The molecule has 2 amide bonds. The summed E-state index contributed by atoms with van der Waals surface area (Å²) in [6, 6.07) is 11.3. The molecule has 0 heterocycles. The molecule has 0 spiro atoms. The van der Waals surface area contributed by atoms with Crippen molar-refractivity contribution in [2.75, 3.05) is 0 Å². The van der Waals surface area contributed by atoms with Gasteiger partial charge in [-0.3, -0.25) is 9.59 Å². The van der Waals surface area contributed by atoms with Crippen molar-refractivity contribution in [3.8, 4) is 0 Å². The molecule has 0 aromatic heterocycles. The van der Waals surface area contributed by atoms with E-state index >= 15 is 0 Å². The summed E-state index contributed by atoms with van der Waals surface area (Å²) in [5.41, 5.74) is 3.21. The largest absolute Gasteiger partial charge is 0.352 e. The average molecular weight is 345 g/mol. The molecule has 0 atom stereocenters. The van der Waals surface area contributed by atoms with Crippen LogP contribution in [-0.2, 0) is 11.3 Å². The fourth-order valence-electron chi connectivity index (χ4n) is 1.99. The molecule has 0 aliphatic rings. The summed E-state index contributed by atoms with van der Waals surface area (Å²) < 4.78 is 26.3. The van der Waals surface area contributed by atoms with Gasteiger partial charge in [0.1, 0.15) is 11.6 Å². The van der Waals surface area contributed by atoms with Crippen molar-refractivity contribution >= 4 is 17.5 Å². The minimum atomic E-state index is -0.691. The molecular formula is C18H17F2N3O2. The summed E-state index contributed by atoms with van der Waals surface area (Å²) in [6.45, 7) is 1.83. The van der Waals surface area contributed by atoms with E-state index < -0.39 is 11.7 Å². The lowest BCUT2D eigenvalue weighted by Crippen LogP contribution is -2.26. The van der Waals surface area contributed by atoms with Crippen molar-refractivity contribution in [1.82, 2.24) is 10.7 Å². The maximum atomic E-state index is 13.5. The van der Waals surface area contributed by atoms with Gasteiger partial charge in [0.25, 0.3) is 5.91 Å². The maximum Gasteiger partial charge on any atom is 0.274 e. The van der Waals surface area contributed by atoms with Gasteiger partial charge in [-0.05, 0) is 36.8 Å². The van der Waals surface area contributed by atoms with E-state index in [1.165, 1.54) is 36.4 Å². The van der Waals surface area contributed by atoms with Gasteiger partial charge in [-0.2, -0.15) is 5.10 Å². The number of nitrogens with one attached hydrogen (secondary N) is 2. The normalized spacial score (nSPS) is 11.1. The van der Waals surface area contributed by atoms with Gasteiger partial charge >= 0.3 is 0 Å². The van der Waals surface area contributed by atoms with Crippen LogP contribution >= 0.6 is 0 Å². The van der Waals surface area contributed by atoms with Crippen LogP contribution in [0.4, 0.5) is 8.78 Å². The smallest absolute Gasteiger partial charge is 0.274 e. The second-order valence-electron chi connectivity index (χ2n) is 5.35. The van der Waals surface area contributed by atoms with Crippen molar-refractivity contribution in [3.63, 3.8) is 0 Å². The molecule has 2 rings (SSSR count). The number of carbonyl (C=O) groups is 2. The first-order chi connectivity index (χ1) is 12.0. The Morgan fingerprint density at radius 1 is 1.04 bits per heavy atom. The van der Waals surface area contributed by atoms with Gasteiger partial charge < -0.3 is 5.32 Å². The predicted molar refractivity (Wildman–Crippen MR) is 89.8 cm³/mol. The molecule has 0 bridgehead atoms. The topological polar surface area (TPSA) is 70.6 Å². The van der Waals surface area contributed by atoms with Crippen molar-refractivity contribution in [3.05, 3.63) is 71.3 Å². The first kappa shape index (κ1) is 18.3. The second kappa shape index (κ2) is 8.68. The summed E-state index contributed by atoms with van der Waals surface area (Å²) in [5, 5.41) is 6.45. The standard InChI is InChI=1S/C18H17F2N3O2/c1-12(22-23-18(25)15-4-2-3-5-16(15)20)10-17(24)21-11-13-6-8-14(19)9-7-13/h2-9H,10-11H2,1H3,(H,21,24)(H,23,25)/b22-12+. The van der Waals surface area contributed by atoms with Gasteiger partial charge in [0, 0.05) is 12.3 Å². The first-order valence-electron chi connectivity index (χ1n) is 7.55. The minimum absolute atomic E-state index is 0.0290. The van der Waals surface area contributed by atoms with E-state index in [0.717, 1.165) is 5.56 Å². The Balaban J connectivity index is 1.82. The van der Waals surface area contributed by atoms with E-state index in [4.69, 9.17) is 0 Å². The van der Waals surface area contributed by atoms with Gasteiger partial charge in [0.2, 0.25) is 5.91 Å². The number of carbonyl (C=O) groups excluding carboxylic acids is 2. The van der Waals surface area contributed by atoms with Gasteiger partial charge in [0.05, 0.1) is 12.0 Å². The first-order valence-corrected chi connectivity index (χ1v) is 7.55. The van der Waals surface area contributed by atoms with Crippen LogP contribution in [0, 0.1) is 11.6 Å². The molecule has 5 nitrogen and oxygen atoms in total. The monoisotopic (exact) mass is 345 g/mol. The van der Waals surface area contributed by atoms with Gasteiger partial charge in [-0.1, -0.05) is 24.3 Å². The van der Waals surface area contributed by atoms with E-state index in [2.05, 4.69) is 15.8 Å². The molecule has 25 heavy (non-hydrogen) atoms. The molecule has 0 fully saturated rings. The molecule has 7 heteroatoms. The van der Waals surface area contributed by atoms with E-state index in [1.807, 2.05) is 0 Å². The lowest BCUT2D eigenvalue weighted by Gasteiger charge is -2.06. The van der Waals surface area contributed by atoms with Crippen molar-refractivity contribution < 1.29 is 18.4 Å². The molecule has 0 radical (unpaired) electrons. The zero-order chi connectivity index (χ0) is 18.2. The average Bonchev–Trinajstić information content (AvgIpc) is 2.59. The van der Waals surface area contributed by atoms with Crippen LogP contribution in [0.2, 0.25) is 0 Å². The summed E-state index contributed by atoms with van der Waals surface area (Å²) >= 11 is 0. The van der Waals surface area contributed by atoms with E-state index in [-0.39, 0.29) is 30.3 Å². The van der Waals surface area contributed by atoms with E-state index in [1.54, 1.807) is 19.1 Å². The van der Waals surface area contributed by atoms with E-state index in [9.17, 15) is 18.4 Å². The molecule has 0 saturated heterocycles. The van der Waals surface area contributed by atoms with Crippen molar-refractivity contribution in [2.45, 2.75) is 19.9 Å². The fourth-order valence-corrected chi connectivity index (χ4v) is 1.99. The zero-order valence-electron chi connectivity index (χ0n) is 13.6. The lowest BCUT2D eigenvalue weighted by atomic mass is 10.2. The highest BCUT2D eigenvalue weighted by atomic mass is 19.1. The van der Waals surface area contributed by atoms with E-state index in [0.29, 0.717) is 5.71 Å². The molecule has 130 valence electrons. The Morgan fingerprint density at radius 3 is 2.40 bits per heavy atom. The third-order valence-corrected chi connectivity index (χ3v) is 3.29. The Kier molecular flexibility index (Phi) is 6.33. The van der Waals surface area contributed by atoms with Crippen molar-refractivity contribution in [2.24, 2.45) is 5.10 Å². The molecule has 0 aliphatic carbocycles. The highest BCUT2D eigenvalue weighted by Gasteiger charge is 2.10. The summed E-state index contributed by atoms with van der Waals surface area (Å²) in [6.07, 6.45) is -0.0290. The quantitative estimate of drug-likeness (QED) is 0.624. The van der Waals surface area contributed by atoms with Gasteiger partial charge in [-0.15, -0.1) is 0 Å². The Morgan fingerprint density at radius 2 is 1.72 bits per heavy atom. The maximum absolute atomic E-state index is 13.5. The summed E-state index contributed by atoms with van der Waals surface area (Å²) in [7, 11) is 0. The molecule has 2 N–H and O–H groups in total. The molecule has 0 unspecified atom stereocenters. The number of hydrazone groups is 1. The van der Waals surface area contributed by atoms with Crippen LogP contribution in [0.3, 0.4) is 0 Å². The number of amides is 2. The Labute approximate surface area is 143 Å². The number of nitrogens with zero attached hydrogens (tertiary/aromatic N) is 1. The molecule has 0 saturated carbocycles. The molecular weight excluding hydrogens is 328 g/mol. The van der Waals surface area contributed by atoms with Crippen LogP contribution in [0.15, 0.2) is 53.6 Å². The predicted octanol–water partition coefficient (Wildman–Crippen LogP) is 2.78. The zero-order valence-corrected chi connectivity index (χ0v) is 13.6. The summed E-state index contributed by atoms with van der Waals surface area (Å²) in [5.74, 6) is -1.98. The van der Waals surface area contributed by atoms with Crippen LogP contribution in [-0.4, -0.2) is 17.5 Å². The van der Waals surface area contributed by atoms with Crippen molar-refractivity contribution in [1.29, 1.82) is 0 Å². The van der Waals surface area contributed by atoms with Crippen LogP contribution in [0.1, 0.15) is 29.3 Å². The van der Waals surface area contributed by atoms with Gasteiger partial charge in [-0.25, -0.2) is 14.2 Å². The number of hydrogen-bond acceptors (Lipinski definition) is 3. The lowest BCUT2D eigenvalue weighted by molar-refractivity contribution is -0.120. The van der Waals surface area contributed by atoms with Gasteiger partial charge in [0.15, 0.2) is 0 Å². The van der Waals surface area contributed by atoms with Crippen LogP contribution in [0.25, 0.3) is 0 Å². The third kappa shape index (κ3) is 5.80. The highest BCUT2D eigenvalue weighted by Crippen LogP contribution is 2.06. The molecule has 2 aromatic rings. The second-order valence-corrected chi connectivity index (χ2v) is 5.35. The number of halogens is 2.